The SMILES string of the molecule is Cc1noc(C)c1CC(=O)N1CCN(C[C@H](O)c2ccccc2)CC1. The third-order valence-corrected chi connectivity index (χ3v) is 4.85. The van der Waals surface area contributed by atoms with Crippen LogP contribution >= 0.6 is 0 Å². The van der Waals surface area contributed by atoms with Gasteiger partial charge in [-0.05, 0) is 19.4 Å². The Morgan fingerprint density at radius 1 is 1.20 bits per heavy atom. The monoisotopic (exact) mass is 343 g/mol. The Bertz CT molecular complexity index is 686. The maximum Gasteiger partial charge on any atom is 0.227 e. The van der Waals surface area contributed by atoms with Crippen LogP contribution in [0.1, 0.15) is 28.7 Å². The van der Waals surface area contributed by atoms with Crippen molar-refractivity contribution in [3.05, 3.63) is 52.9 Å². The van der Waals surface area contributed by atoms with Crippen LogP contribution in [-0.4, -0.2) is 58.7 Å². The molecule has 0 aliphatic carbocycles. The highest BCUT2D eigenvalue weighted by atomic mass is 16.5. The van der Waals surface area contributed by atoms with Crippen LogP contribution in [0.3, 0.4) is 0 Å². The van der Waals surface area contributed by atoms with Crippen LogP contribution in [0.4, 0.5) is 0 Å². The van der Waals surface area contributed by atoms with E-state index in [4.69, 9.17) is 4.52 Å². The van der Waals surface area contributed by atoms with E-state index in [2.05, 4.69) is 10.1 Å². The third kappa shape index (κ3) is 4.27. The van der Waals surface area contributed by atoms with Crippen molar-refractivity contribution >= 4 is 5.91 Å². The highest BCUT2D eigenvalue weighted by Crippen LogP contribution is 2.17. The summed E-state index contributed by atoms with van der Waals surface area (Å²) >= 11 is 0. The quantitative estimate of drug-likeness (QED) is 0.895. The molecule has 1 amide bonds. The first-order valence-electron chi connectivity index (χ1n) is 8.69. The molecule has 2 aromatic rings. The van der Waals surface area contributed by atoms with Crippen molar-refractivity contribution in [2.75, 3.05) is 32.7 Å². The number of β-amino-alcohol motifs (C(OH)–C–C–N with tert-alkyl or cyclic N) is 1. The van der Waals surface area contributed by atoms with E-state index in [1.54, 1.807) is 0 Å². The van der Waals surface area contributed by atoms with Gasteiger partial charge in [-0.25, -0.2) is 0 Å². The predicted octanol–water partition coefficient (Wildman–Crippen LogP) is 1.71. The average molecular weight is 343 g/mol. The minimum Gasteiger partial charge on any atom is -0.387 e. The first-order valence-corrected chi connectivity index (χ1v) is 8.69. The zero-order chi connectivity index (χ0) is 17.8. The van der Waals surface area contributed by atoms with E-state index in [0.29, 0.717) is 26.1 Å². The van der Waals surface area contributed by atoms with Gasteiger partial charge in [0.2, 0.25) is 5.91 Å². The summed E-state index contributed by atoms with van der Waals surface area (Å²) < 4.78 is 5.13. The molecule has 6 nitrogen and oxygen atoms in total. The number of carbonyl (C=O) groups excluding carboxylic acids is 1. The molecule has 0 spiro atoms. The maximum absolute atomic E-state index is 12.5. The van der Waals surface area contributed by atoms with Crippen molar-refractivity contribution in [3.8, 4) is 0 Å². The zero-order valence-electron chi connectivity index (χ0n) is 14.8. The minimum absolute atomic E-state index is 0.109. The number of aliphatic hydroxyl groups excluding tert-OH is 1. The summed E-state index contributed by atoms with van der Waals surface area (Å²) in [4.78, 5) is 16.6. The van der Waals surface area contributed by atoms with E-state index in [1.807, 2.05) is 49.1 Å². The fraction of sp³-hybridized carbons (Fsp3) is 0.474. The van der Waals surface area contributed by atoms with Crippen molar-refractivity contribution in [1.82, 2.24) is 15.0 Å². The van der Waals surface area contributed by atoms with E-state index in [-0.39, 0.29) is 5.91 Å². The lowest BCUT2D eigenvalue weighted by molar-refractivity contribution is -0.132. The van der Waals surface area contributed by atoms with Crippen LogP contribution in [0.25, 0.3) is 0 Å². The molecule has 1 saturated heterocycles. The van der Waals surface area contributed by atoms with Crippen molar-refractivity contribution < 1.29 is 14.4 Å². The molecule has 1 atom stereocenters. The lowest BCUT2D eigenvalue weighted by atomic mass is 10.1. The molecule has 25 heavy (non-hydrogen) atoms. The standard InChI is InChI=1S/C19H25N3O3/c1-14-17(15(2)25-20-14)12-19(24)22-10-8-21(9-11-22)13-18(23)16-6-4-3-5-7-16/h3-7,18,23H,8-13H2,1-2H3/t18-/m0/s1. The van der Waals surface area contributed by atoms with Gasteiger partial charge in [0.25, 0.3) is 0 Å². The van der Waals surface area contributed by atoms with E-state index < -0.39 is 6.10 Å². The minimum atomic E-state index is -0.495. The Kier molecular flexibility index (Phi) is 5.50. The van der Waals surface area contributed by atoms with E-state index >= 15 is 0 Å². The number of aromatic nitrogens is 1. The van der Waals surface area contributed by atoms with Gasteiger partial charge in [0, 0.05) is 38.3 Å². The molecule has 1 aliphatic rings. The van der Waals surface area contributed by atoms with Crippen LogP contribution in [0.15, 0.2) is 34.9 Å². The van der Waals surface area contributed by atoms with Crippen molar-refractivity contribution in [3.63, 3.8) is 0 Å². The van der Waals surface area contributed by atoms with Gasteiger partial charge in [-0.3, -0.25) is 9.69 Å². The molecule has 0 radical (unpaired) electrons. The van der Waals surface area contributed by atoms with Crippen LogP contribution in [-0.2, 0) is 11.2 Å². The van der Waals surface area contributed by atoms with Gasteiger partial charge in [0.05, 0.1) is 18.2 Å². The van der Waals surface area contributed by atoms with Gasteiger partial charge in [0.1, 0.15) is 5.76 Å². The number of aliphatic hydroxyl groups is 1. The van der Waals surface area contributed by atoms with E-state index in [1.165, 1.54) is 0 Å². The molecule has 1 fully saturated rings. The average Bonchev–Trinajstić information content (AvgIpc) is 2.95. The number of carbonyl (C=O) groups is 1. The second kappa shape index (κ2) is 7.80. The molecule has 1 aromatic heterocycles. The smallest absolute Gasteiger partial charge is 0.227 e. The van der Waals surface area contributed by atoms with Crippen molar-refractivity contribution in [2.24, 2.45) is 0 Å². The number of hydrogen-bond acceptors (Lipinski definition) is 5. The molecule has 2 heterocycles. The largest absolute Gasteiger partial charge is 0.387 e. The second-order valence-corrected chi connectivity index (χ2v) is 6.59. The summed E-state index contributed by atoms with van der Waals surface area (Å²) in [6, 6.07) is 9.69. The fourth-order valence-electron chi connectivity index (χ4n) is 3.22. The fourth-order valence-corrected chi connectivity index (χ4v) is 3.22. The zero-order valence-corrected chi connectivity index (χ0v) is 14.8. The van der Waals surface area contributed by atoms with Gasteiger partial charge in [0.15, 0.2) is 0 Å². The second-order valence-electron chi connectivity index (χ2n) is 6.59. The Balaban J connectivity index is 1.49. The summed E-state index contributed by atoms with van der Waals surface area (Å²) in [5.74, 6) is 0.827. The molecule has 134 valence electrons. The van der Waals surface area contributed by atoms with Gasteiger partial charge in [-0.15, -0.1) is 0 Å². The lowest BCUT2D eigenvalue weighted by Gasteiger charge is -2.35. The lowest BCUT2D eigenvalue weighted by Crippen LogP contribution is -2.50. The molecule has 0 unspecified atom stereocenters. The van der Waals surface area contributed by atoms with Crippen LogP contribution in [0.2, 0.25) is 0 Å². The van der Waals surface area contributed by atoms with Crippen molar-refractivity contribution in [2.45, 2.75) is 26.4 Å². The maximum atomic E-state index is 12.5. The molecular weight excluding hydrogens is 318 g/mol. The van der Waals surface area contributed by atoms with Crippen LogP contribution < -0.4 is 0 Å². The van der Waals surface area contributed by atoms with Gasteiger partial charge < -0.3 is 14.5 Å². The number of nitrogens with zero attached hydrogens (tertiary/aromatic N) is 3. The summed E-state index contributed by atoms with van der Waals surface area (Å²) in [6.45, 7) is 7.21. The Morgan fingerprint density at radius 3 is 2.48 bits per heavy atom. The van der Waals surface area contributed by atoms with Gasteiger partial charge >= 0.3 is 0 Å². The molecule has 1 aromatic carbocycles. The molecule has 1 aliphatic heterocycles. The molecule has 3 rings (SSSR count). The molecule has 1 N–H and O–H groups in total. The van der Waals surface area contributed by atoms with Gasteiger partial charge in [-0.2, -0.15) is 0 Å². The Hall–Kier alpha value is -2.18. The molecule has 0 bridgehead atoms. The summed E-state index contributed by atoms with van der Waals surface area (Å²) in [5, 5.41) is 14.2. The number of hydrogen-bond donors (Lipinski definition) is 1. The van der Waals surface area contributed by atoms with E-state index in [0.717, 1.165) is 35.7 Å². The number of rotatable bonds is 5. The number of amides is 1. The predicted molar refractivity (Wildman–Crippen MR) is 94.1 cm³/mol. The normalized spacial score (nSPS) is 16.8. The molecule has 0 saturated carbocycles. The highest BCUT2D eigenvalue weighted by molar-refractivity contribution is 5.79. The summed E-state index contributed by atoms with van der Waals surface area (Å²) in [6.07, 6.45) is -0.154. The molecular formula is C19H25N3O3. The first-order chi connectivity index (χ1) is 12.0. The highest BCUT2D eigenvalue weighted by Gasteiger charge is 2.24. The van der Waals surface area contributed by atoms with Crippen molar-refractivity contribution in [1.29, 1.82) is 0 Å². The van der Waals surface area contributed by atoms with Crippen LogP contribution in [0.5, 0.6) is 0 Å². The third-order valence-electron chi connectivity index (χ3n) is 4.85. The summed E-state index contributed by atoms with van der Waals surface area (Å²) in [5.41, 5.74) is 2.61. The topological polar surface area (TPSA) is 69.8 Å². The van der Waals surface area contributed by atoms with E-state index in [9.17, 15) is 9.90 Å². The number of piperazine rings is 1. The Morgan fingerprint density at radius 2 is 1.88 bits per heavy atom. The molecule has 6 heteroatoms. The number of aryl methyl sites for hydroxylation is 2. The first kappa shape index (κ1) is 17.6. The van der Waals surface area contributed by atoms with Gasteiger partial charge in [-0.1, -0.05) is 35.5 Å². The number of benzene rings is 1. The Labute approximate surface area is 148 Å². The van der Waals surface area contributed by atoms with Crippen LogP contribution in [0, 0.1) is 13.8 Å². The summed E-state index contributed by atoms with van der Waals surface area (Å²) in [7, 11) is 0.